The standard InChI is InChI=1S/C12H16ClNO2S/c1-8-2-4-10(16-8)7-17(15)12-5-3-9(13)6-11(12)14/h3,5-6,8,10H,2,4,7,14H2,1H3. The molecule has 2 N–H and O–H groups in total. The molecule has 3 nitrogen and oxygen atoms in total. The molecular weight excluding hydrogens is 258 g/mol. The molecule has 1 saturated heterocycles. The van der Waals surface area contributed by atoms with Crippen molar-refractivity contribution >= 4 is 28.1 Å². The smallest absolute Gasteiger partial charge is 0.0698 e. The molecule has 5 heteroatoms. The number of ether oxygens (including phenoxy) is 1. The fraction of sp³-hybridized carbons (Fsp3) is 0.500. The van der Waals surface area contributed by atoms with Gasteiger partial charge in [-0.2, -0.15) is 0 Å². The van der Waals surface area contributed by atoms with Crippen molar-refractivity contribution in [3.8, 4) is 0 Å². The summed E-state index contributed by atoms with van der Waals surface area (Å²) in [4.78, 5) is 0.651. The predicted molar refractivity (Wildman–Crippen MR) is 70.7 cm³/mol. The van der Waals surface area contributed by atoms with E-state index in [1.807, 2.05) is 6.92 Å². The van der Waals surface area contributed by atoms with E-state index >= 15 is 0 Å². The van der Waals surface area contributed by atoms with Crippen LogP contribution in [0.25, 0.3) is 0 Å². The summed E-state index contributed by atoms with van der Waals surface area (Å²) < 4.78 is 17.8. The Morgan fingerprint density at radius 2 is 2.29 bits per heavy atom. The van der Waals surface area contributed by atoms with Crippen LogP contribution in [-0.2, 0) is 15.5 Å². The molecule has 94 valence electrons. The van der Waals surface area contributed by atoms with E-state index in [9.17, 15) is 4.21 Å². The van der Waals surface area contributed by atoms with E-state index in [0.29, 0.717) is 21.4 Å². The second kappa shape index (κ2) is 5.38. The second-order valence-corrected chi connectivity index (χ2v) is 6.24. The first-order valence-corrected chi connectivity index (χ1v) is 7.35. The molecule has 1 aromatic carbocycles. The van der Waals surface area contributed by atoms with E-state index in [1.165, 1.54) is 0 Å². The largest absolute Gasteiger partial charge is 0.398 e. The molecule has 2 rings (SSSR count). The SMILES string of the molecule is CC1CCC(CS(=O)c2ccc(Cl)cc2N)O1. The average molecular weight is 274 g/mol. The average Bonchev–Trinajstić information content (AvgIpc) is 2.63. The maximum absolute atomic E-state index is 12.1. The van der Waals surface area contributed by atoms with Crippen LogP contribution in [0.1, 0.15) is 19.8 Å². The molecule has 0 radical (unpaired) electrons. The highest BCUT2D eigenvalue weighted by Gasteiger charge is 2.24. The highest BCUT2D eigenvalue weighted by molar-refractivity contribution is 7.85. The molecule has 3 atom stereocenters. The van der Waals surface area contributed by atoms with Gasteiger partial charge < -0.3 is 10.5 Å². The number of rotatable bonds is 3. The molecule has 17 heavy (non-hydrogen) atoms. The minimum atomic E-state index is -1.12. The van der Waals surface area contributed by atoms with Gasteiger partial charge >= 0.3 is 0 Å². The van der Waals surface area contributed by atoms with Crippen molar-refractivity contribution in [2.24, 2.45) is 0 Å². The quantitative estimate of drug-likeness (QED) is 0.862. The summed E-state index contributed by atoms with van der Waals surface area (Å²) in [6.45, 7) is 2.04. The molecule has 0 aromatic heterocycles. The van der Waals surface area contributed by atoms with Gasteiger partial charge in [-0.15, -0.1) is 0 Å². The Kier molecular flexibility index (Phi) is 4.07. The molecular formula is C12H16ClNO2S. The fourth-order valence-electron chi connectivity index (χ4n) is 1.99. The molecule has 1 aliphatic rings. The highest BCUT2D eigenvalue weighted by Crippen LogP contribution is 2.25. The van der Waals surface area contributed by atoms with Crippen molar-refractivity contribution in [1.82, 2.24) is 0 Å². The lowest BCUT2D eigenvalue weighted by atomic mass is 10.2. The van der Waals surface area contributed by atoms with E-state index in [4.69, 9.17) is 22.1 Å². The lowest BCUT2D eigenvalue weighted by Crippen LogP contribution is -2.17. The Hall–Kier alpha value is -0.580. The topological polar surface area (TPSA) is 52.3 Å². The third kappa shape index (κ3) is 3.21. The van der Waals surface area contributed by atoms with Crippen LogP contribution in [0, 0.1) is 0 Å². The van der Waals surface area contributed by atoms with Crippen LogP contribution in [-0.4, -0.2) is 22.2 Å². The number of hydrogen-bond acceptors (Lipinski definition) is 3. The molecule has 0 bridgehead atoms. The Morgan fingerprint density at radius 1 is 1.53 bits per heavy atom. The van der Waals surface area contributed by atoms with Crippen LogP contribution < -0.4 is 5.73 Å². The van der Waals surface area contributed by atoms with Gasteiger partial charge in [0.2, 0.25) is 0 Å². The van der Waals surface area contributed by atoms with Gasteiger partial charge in [-0.25, -0.2) is 0 Å². The van der Waals surface area contributed by atoms with Crippen LogP contribution >= 0.6 is 11.6 Å². The van der Waals surface area contributed by atoms with Gasteiger partial charge in [0.05, 0.1) is 33.7 Å². The summed E-state index contributed by atoms with van der Waals surface area (Å²) in [5.41, 5.74) is 6.29. The number of benzene rings is 1. The first-order valence-electron chi connectivity index (χ1n) is 5.65. The number of nitrogens with two attached hydrogens (primary N) is 1. The van der Waals surface area contributed by atoms with E-state index in [2.05, 4.69) is 0 Å². The maximum atomic E-state index is 12.1. The molecule has 3 unspecified atom stereocenters. The second-order valence-electron chi connectivity index (χ2n) is 4.34. The van der Waals surface area contributed by atoms with Gasteiger partial charge in [0.15, 0.2) is 0 Å². The minimum Gasteiger partial charge on any atom is -0.398 e. The molecule has 0 spiro atoms. The van der Waals surface area contributed by atoms with E-state index in [-0.39, 0.29) is 12.2 Å². The van der Waals surface area contributed by atoms with Crippen molar-refractivity contribution in [2.75, 3.05) is 11.5 Å². The highest BCUT2D eigenvalue weighted by atomic mass is 35.5. The van der Waals surface area contributed by atoms with E-state index < -0.39 is 10.8 Å². The monoisotopic (exact) mass is 273 g/mol. The molecule has 1 aromatic rings. The van der Waals surface area contributed by atoms with E-state index in [0.717, 1.165) is 12.8 Å². The van der Waals surface area contributed by atoms with Gasteiger partial charge in [0.1, 0.15) is 0 Å². The van der Waals surface area contributed by atoms with Crippen LogP contribution in [0.3, 0.4) is 0 Å². The molecule has 0 amide bonds. The zero-order valence-corrected chi connectivity index (χ0v) is 11.3. The Morgan fingerprint density at radius 3 is 2.88 bits per heavy atom. The third-order valence-corrected chi connectivity index (χ3v) is 4.65. The number of hydrogen-bond donors (Lipinski definition) is 1. The summed E-state index contributed by atoms with van der Waals surface area (Å²) in [7, 11) is -1.12. The van der Waals surface area contributed by atoms with Gasteiger partial charge in [-0.3, -0.25) is 4.21 Å². The number of halogens is 1. The lowest BCUT2D eigenvalue weighted by Gasteiger charge is -2.12. The first kappa shape index (κ1) is 12.9. The molecule has 0 aliphatic carbocycles. The van der Waals surface area contributed by atoms with Crippen LogP contribution in [0.15, 0.2) is 23.1 Å². The Balaban J connectivity index is 2.04. The first-order chi connectivity index (χ1) is 8.06. The van der Waals surface area contributed by atoms with Crippen molar-refractivity contribution in [3.05, 3.63) is 23.2 Å². The van der Waals surface area contributed by atoms with Crippen molar-refractivity contribution in [2.45, 2.75) is 36.9 Å². The number of anilines is 1. The van der Waals surface area contributed by atoms with Gasteiger partial charge in [-0.05, 0) is 38.0 Å². The molecule has 1 heterocycles. The normalized spacial score (nSPS) is 26.0. The predicted octanol–water partition coefficient (Wildman–Crippen LogP) is 2.60. The van der Waals surface area contributed by atoms with Crippen molar-refractivity contribution in [3.63, 3.8) is 0 Å². The summed E-state index contributed by atoms with van der Waals surface area (Å²) in [6.07, 6.45) is 2.37. The van der Waals surface area contributed by atoms with E-state index in [1.54, 1.807) is 18.2 Å². The van der Waals surface area contributed by atoms with Gasteiger partial charge in [0, 0.05) is 10.7 Å². The van der Waals surface area contributed by atoms with Crippen LogP contribution in [0.4, 0.5) is 5.69 Å². The zero-order valence-electron chi connectivity index (χ0n) is 9.69. The summed E-state index contributed by atoms with van der Waals surface area (Å²) in [5.74, 6) is 0.510. The summed E-state index contributed by atoms with van der Waals surface area (Å²) in [5, 5.41) is 0.564. The van der Waals surface area contributed by atoms with Crippen LogP contribution in [0.2, 0.25) is 5.02 Å². The molecule has 1 aliphatic heterocycles. The lowest BCUT2D eigenvalue weighted by molar-refractivity contribution is 0.0695. The Labute approximate surface area is 109 Å². The van der Waals surface area contributed by atoms with Gasteiger partial charge in [-0.1, -0.05) is 11.6 Å². The van der Waals surface area contributed by atoms with Gasteiger partial charge in [0.25, 0.3) is 0 Å². The summed E-state index contributed by atoms with van der Waals surface area (Å²) in [6, 6.07) is 5.07. The van der Waals surface area contributed by atoms with Crippen LogP contribution in [0.5, 0.6) is 0 Å². The minimum absolute atomic E-state index is 0.0842. The molecule has 1 fully saturated rings. The fourth-order valence-corrected chi connectivity index (χ4v) is 3.48. The van der Waals surface area contributed by atoms with Crippen molar-refractivity contribution < 1.29 is 8.95 Å². The van der Waals surface area contributed by atoms with Crippen molar-refractivity contribution in [1.29, 1.82) is 0 Å². The maximum Gasteiger partial charge on any atom is 0.0698 e. The number of nitrogen functional groups attached to an aromatic ring is 1. The zero-order chi connectivity index (χ0) is 12.4. The third-order valence-electron chi connectivity index (χ3n) is 2.87. The Bertz CT molecular complexity index is 439. The molecule has 0 saturated carbocycles. The summed E-state index contributed by atoms with van der Waals surface area (Å²) >= 11 is 5.81.